The summed E-state index contributed by atoms with van der Waals surface area (Å²) in [5.74, 6) is 1.41. The van der Waals surface area contributed by atoms with E-state index in [4.69, 9.17) is 10.9 Å². The van der Waals surface area contributed by atoms with Crippen LogP contribution in [0.5, 0.6) is 0 Å². The Morgan fingerprint density at radius 2 is 2.30 bits per heavy atom. The Labute approximate surface area is 117 Å². The van der Waals surface area contributed by atoms with E-state index in [2.05, 4.69) is 29.1 Å². The summed E-state index contributed by atoms with van der Waals surface area (Å²) in [6.07, 6.45) is 4.03. The van der Waals surface area contributed by atoms with Gasteiger partial charge >= 0.3 is 0 Å². The zero-order valence-electron chi connectivity index (χ0n) is 12.0. The van der Waals surface area contributed by atoms with Crippen LogP contribution in [0.1, 0.15) is 31.9 Å². The normalized spacial score (nSPS) is 12.3. The minimum absolute atomic E-state index is 0.208. The number of anilines is 1. The van der Waals surface area contributed by atoms with E-state index in [1.807, 2.05) is 28.7 Å². The molecule has 2 aromatic rings. The van der Waals surface area contributed by atoms with E-state index in [9.17, 15) is 0 Å². The third kappa shape index (κ3) is 2.81. The third-order valence-electron chi connectivity index (χ3n) is 3.17. The first-order valence-electron chi connectivity index (χ1n) is 6.54. The summed E-state index contributed by atoms with van der Waals surface area (Å²) in [5, 5.41) is 16.1. The Morgan fingerprint density at radius 3 is 2.95 bits per heavy atom. The van der Waals surface area contributed by atoms with E-state index in [-0.39, 0.29) is 5.84 Å². The summed E-state index contributed by atoms with van der Waals surface area (Å²) < 4.78 is 1.83. The van der Waals surface area contributed by atoms with Gasteiger partial charge in [-0.15, -0.1) is 0 Å². The molecule has 0 aromatic carbocycles. The zero-order valence-corrected chi connectivity index (χ0v) is 12.0. The molecule has 0 spiro atoms. The molecule has 0 fully saturated rings. The highest BCUT2D eigenvalue weighted by molar-refractivity contribution is 5.80. The second-order valence-corrected chi connectivity index (χ2v) is 5.07. The van der Waals surface area contributed by atoms with Crippen LogP contribution in [0.3, 0.4) is 0 Å². The Bertz CT molecular complexity index is 618. The van der Waals surface area contributed by atoms with Gasteiger partial charge in [-0.2, -0.15) is 5.10 Å². The van der Waals surface area contributed by atoms with Crippen molar-refractivity contribution in [3.05, 3.63) is 24.2 Å². The van der Waals surface area contributed by atoms with Gasteiger partial charge in [-0.25, -0.2) is 9.50 Å². The van der Waals surface area contributed by atoms with E-state index >= 15 is 0 Å². The van der Waals surface area contributed by atoms with Crippen LogP contribution in [-0.4, -0.2) is 39.2 Å². The van der Waals surface area contributed by atoms with E-state index in [0.29, 0.717) is 18.9 Å². The minimum Gasteiger partial charge on any atom is -0.409 e. The number of rotatable bonds is 5. The molecule has 0 unspecified atom stereocenters. The maximum atomic E-state index is 8.57. The summed E-state index contributed by atoms with van der Waals surface area (Å²) in [4.78, 5) is 6.38. The monoisotopic (exact) mass is 276 g/mol. The molecule has 0 aliphatic carbocycles. The smallest absolute Gasteiger partial charge is 0.154 e. The van der Waals surface area contributed by atoms with Gasteiger partial charge < -0.3 is 15.8 Å². The van der Waals surface area contributed by atoms with Crippen molar-refractivity contribution in [3.8, 4) is 0 Å². The molecule has 2 rings (SSSR count). The molecular weight excluding hydrogens is 256 g/mol. The summed E-state index contributed by atoms with van der Waals surface area (Å²) in [7, 11) is 1.93. The van der Waals surface area contributed by atoms with Crippen LogP contribution in [0.2, 0.25) is 0 Å². The van der Waals surface area contributed by atoms with Gasteiger partial charge in [-0.1, -0.05) is 19.0 Å². The lowest BCUT2D eigenvalue weighted by atomic mass is 10.1. The number of amidine groups is 1. The maximum absolute atomic E-state index is 8.57. The van der Waals surface area contributed by atoms with Gasteiger partial charge in [0.2, 0.25) is 0 Å². The molecule has 0 aliphatic heterocycles. The molecule has 2 heterocycles. The minimum atomic E-state index is 0.208. The van der Waals surface area contributed by atoms with Gasteiger partial charge in [-0.05, 0) is 12.0 Å². The first-order chi connectivity index (χ1) is 9.52. The van der Waals surface area contributed by atoms with Crippen LogP contribution in [0.15, 0.2) is 23.6 Å². The van der Waals surface area contributed by atoms with Gasteiger partial charge in [-0.3, -0.25) is 0 Å². The average Bonchev–Trinajstić information content (AvgIpc) is 2.88. The van der Waals surface area contributed by atoms with Crippen LogP contribution < -0.4 is 10.6 Å². The van der Waals surface area contributed by atoms with Crippen LogP contribution in [0, 0.1) is 0 Å². The lowest BCUT2D eigenvalue weighted by molar-refractivity contribution is 0.317. The molecule has 0 amide bonds. The molecule has 0 atom stereocenters. The Morgan fingerprint density at radius 1 is 1.55 bits per heavy atom. The molecule has 3 N–H and O–H groups in total. The van der Waals surface area contributed by atoms with Crippen LogP contribution >= 0.6 is 0 Å². The fourth-order valence-corrected chi connectivity index (χ4v) is 1.94. The number of nitrogens with two attached hydrogens (primary N) is 1. The first kappa shape index (κ1) is 14.1. The Balaban J connectivity index is 2.29. The summed E-state index contributed by atoms with van der Waals surface area (Å²) >= 11 is 0. The van der Waals surface area contributed by atoms with Crippen molar-refractivity contribution < 1.29 is 5.21 Å². The van der Waals surface area contributed by atoms with Gasteiger partial charge in [0.25, 0.3) is 0 Å². The highest BCUT2D eigenvalue weighted by Gasteiger charge is 2.12. The average molecular weight is 276 g/mol. The van der Waals surface area contributed by atoms with Gasteiger partial charge in [0, 0.05) is 32.4 Å². The number of aromatic nitrogens is 3. The van der Waals surface area contributed by atoms with E-state index < -0.39 is 0 Å². The van der Waals surface area contributed by atoms with Gasteiger partial charge in [0.15, 0.2) is 5.82 Å². The largest absolute Gasteiger partial charge is 0.409 e. The number of oxime groups is 1. The number of nitrogens with zero attached hydrogens (tertiary/aromatic N) is 5. The second-order valence-electron chi connectivity index (χ2n) is 5.07. The SMILES string of the molecule is CC(C)c1cc2c(N(C)CC/C(N)=N/O)nccn2n1. The lowest BCUT2D eigenvalue weighted by Gasteiger charge is -2.18. The molecule has 108 valence electrons. The van der Waals surface area contributed by atoms with Crippen molar-refractivity contribution in [2.45, 2.75) is 26.2 Å². The number of hydrogen-bond donors (Lipinski definition) is 2. The standard InChI is InChI=1S/C13H20N6O/c1-9(2)10-8-11-13(15-5-7-19(11)16-10)18(3)6-4-12(14)17-20/h5,7-9,20H,4,6H2,1-3H3,(H2,14,17). The third-order valence-corrected chi connectivity index (χ3v) is 3.17. The number of fused-ring (bicyclic) bond motifs is 1. The number of hydrogen-bond acceptors (Lipinski definition) is 5. The Kier molecular flexibility index (Phi) is 4.07. The highest BCUT2D eigenvalue weighted by atomic mass is 16.4. The molecular formula is C13H20N6O. The highest BCUT2D eigenvalue weighted by Crippen LogP contribution is 2.22. The van der Waals surface area contributed by atoms with Crippen molar-refractivity contribution in [2.24, 2.45) is 10.9 Å². The maximum Gasteiger partial charge on any atom is 0.154 e. The molecule has 20 heavy (non-hydrogen) atoms. The van der Waals surface area contributed by atoms with Crippen LogP contribution in [0.25, 0.3) is 5.52 Å². The van der Waals surface area contributed by atoms with E-state index in [1.54, 1.807) is 6.20 Å². The van der Waals surface area contributed by atoms with E-state index in [1.165, 1.54) is 0 Å². The van der Waals surface area contributed by atoms with Crippen molar-refractivity contribution >= 4 is 17.2 Å². The molecule has 0 bridgehead atoms. The molecule has 0 saturated heterocycles. The molecule has 0 saturated carbocycles. The van der Waals surface area contributed by atoms with Crippen molar-refractivity contribution in [3.63, 3.8) is 0 Å². The fourth-order valence-electron chi connectivity index (χ4n) is 1.94. The van der Waals surface area contributed by atoms with Gasteiger partial charge in [0.05, 0.1) is 5.69 Å². The summed E-state index contributed by atoms with van der Waals surface area (Å²) in [6, 6.07) is 2.05. The first-order valence-corrected chi connectivity index (χ1v) is 6.54. The van der Waals surface area contributed by atoms with Gasteiger partial charge in [0.1, 0.15) is 11.4 Å². The summed E-state index contributed by atoms with van der Waals surface area (Å²) in [5.41, 5.74) is 7.48. The quantitative estimate of drug-likeness (QED) is 0.373. The predicted molar refractivity (Wildman–Crippen MR) is 78.4 cm³/mol. The van der Waals surface area contributed by atoms with Crippen molar-refractivity contribution in [1.82, 2.24) is 14.6 Å². The van der Waals surface area contributed by atoms with E-state index in [0.717, 1.165) is 17.0 Å². The fraction of sp³-hybridized carbons (Fsp3) is 0.462. The molecule has 0 aliphatic rings. The van der Waals surface area contributed by atoms with Crippen molar-refractivity contribution in [2.75, 3.05) is 18.5 Å². The molecule has 0 radical (unpaired) electrons. The zero-order chi connectivity index (χ0) is 14.7. The van der Waals surface area contributed by atoms with Crippen LogP contribution in [-0.2, 0) is 0 Å². The predicted octanol–water partition coefficient (Wildman–Crippen LogP) is 1.43. The summed E-state index contributed by atoms with van der Waals surface area (Å²) in [6.45, 7) is 4.83. The lowest BCUT2D eigenvalue weighted by Crippen LogP contribution is -2.25. The topological polar surface area (TPSA) is 92.0 Å². The molecule has 2 aromatic heterocycles. The van der Waals surface area contributed by atoms with Crippen LogP contribution in [0.4, 0.5) is 5.82 Å². The van der Waals surface area contributed by atoms with Crippen molar-refractivity contribution in [1.29, 1.82) is 0 Å². The molecule has 7 nitrogen and oxygen atoms in total. The Hall–Kier alpha value is -2.31. The second kappa shape index (κ2) is 5.77. The molecule has 7 heteroatoms.